The van der Waals surface area contributed by atoms with Gasteiger partial charge in [-0.2, -0.15) is 0 Å². The van der Waals surface area contributed by atoms with Crippen LogP contribution in [-0.4, -0.2) is 10.6 Å². The predicted octanol–water partition coefficient (Wildman–Crippen LogP) is 3.95. The van der Waals surface area contributed by atoms with Crippen LogP contribution in [0.4, 0.5) is 0 Å². The van der Waals surface area contributed by atoms with E-state index in [1.807, 2.05) is 0 Å². The van der Waals surface area contributed by atoms with Crippen LogP contribution in [0, 0.1) is 0 Å². The monoisotopic (exact) mass is 292 g/mol. The molecule has 1 fully saturated rings. The van der Waals surface area contributed by atoms with Crippen molar-refractivity contribution in [3.8, 4) is 0 Å². The van der Waals surface area contributed by atoms with Gasteiger partial charge in [0.05, 0.1) is 5.41 Å². The minimum atomic E-state index is -0.219. The van der Waals surface area contributed by atoms with Gasteiger partial charge in [0, 0.05) is 11.2 Å². The van der Waals surface area contributed by atoms with Crippen LogP contribution in [0.1, 0.15) is 49.7 Å². The summed E-state index contributed by atoms with van der Waals surface area (Å²) in [5.41, 5.74) is 2.46. The van der Waals surface area contributed by atoms with Crippen LogP contribution in [0.5, 0.6) is 0 Å². The summed E-state index contributed by atoms with van der Waals surface area (Å²) < 4.78 is 0. The van der Waals surface area contributed by atoms with E-state index in [0.29, 0.717) is 16.5 Å². The maximum Gasteiger partial charge on any atom is 0.144 e. The summed E-state index contributed by atoms with van der Waals surface area (Å²) in [5.74, 6) is 0.994. The highest BCUT2D eigenvalue weighted by atomic mass is 79.9. The maximum atomic E-state index is 12.4. The summed E-state index contributed by atoms with van der Waals surface area (Å²) in [6.07, 6.45) is 3.89. The average Bonchev–Trinajstić information content (AvgIpc) is 2.70. The van der Waals surface area contributed by atoms with Gasteiger partial charge < -0.3 is 0 Å². The quantitative estimate of drug-likeness (QED) is 0.662. The number of hydrogen-bond acceptors (Lipinski definition) is 1. The van der Waals surface area contributed by atoms with E-state index >= 15 is 0 Å². The van der Waals surface area contributed by atoms with Gasteiger partial charge in [-0.15, -0.1) is 0 Å². The van der Waals surface area contributed by atoms with Crippen molar-refractivity contribution >= 4 is 21.7 Å². The minimum Gasteiger partial charge on any atom is -0.299 e. The number of carbonyl (C=O) groups excluding carboxylic acids is 1. The van der Waals surface area contributed by atoms with Crippen LogP contribution < -0.4 is 0 Å². The van der Waals surface area contributed by atoms with Crippen molar-refractivity contribution in [3.63, 3.8) is 0 Å². The molecule has 0 heterocycles. The highest BCUT2D eigenvalue weighted by molar-refractivity contribution is 9.09. The molecular formula is C15H17BrO. The molecule has 17 heavy (non-hydrogen) atoms. The van der Waals surface area contributed by atoms with Crippen molar-refractivity contribution in [2.75, 3.05) is 0 Å². The van der Waals surface area contributed by atoms with Crippen molar-refractivity contribution in [1.82, 2.24) is 0 Å². The van der Waals surface area contributed by atoms with E-state index in [4.69, 9.17) is 0 Å². The molecule has 0 amide bonds. The second kappa shape index (κ2) is 3.94. The molecule has 0 bridgehead atoms. The standard InChI is InChI=1S/C15H17BrO/c1-10-9-13(16)15(8-4-7-14(15)17)12-6-3-2-5-11(10)12/h2-3,5-6,10,13H,4,7-9H2,1H3/t10?,13-,15+/m0/s1. The Bertz CT molecular complexity index is 468. The molecule has 90 valence electrons. The molecule has 0 aliphatic heterocycles. The summed E-state index contributed by atoms with van der Waals surface area (Å²) in [4.78, 5) is 12.7. The van der Waals surface area contributed by atoms with E-state index in [0.717, 1.165) is 25.7 Å². The minimum absolute atomic E-state index is 0.219. The zero-order chi connectivity index (χ0) is 12.0. The Morgan fingerprint density at radius 2 is 2.12 bits per heavy atom. The number of rotatable bonds is 0. The molecular weight excluding hydrogens is 276 g/mol. The van der Waals surface area contributed by atoms with E-state index in [-0.39, 0.29) is 5.41 Å². The number of benzene rings is 1. The molecule has 1 aromatic carbocycles. The lowest BCUT2D eigenvalue weighted by atomic mass is 9.65. The molecule has 0 aromatic heterocycles. The number of halogens is 1. The maximum absolute atomic E-state index is 12.4. The fraction of sp³-hybridized carbons (Fsp3) is 0.533. The van der Waals surface area contributed by atoms with Gasteiger partial charge in [0.15, 0.2) is 0 Å². The van der Waals surface area contributed by atoms with Crippen LogP contribution in [0.25, 0.3) is 0 Å². The lowest BCUT2D eigenvalue weighted by Crippen LogP contribution is -2.44. The first kappa shape index (κ1) is 11.5. The second-order valence-corrected chi connectivity index (χ2v) is 6.54. The Balaban J connectivity index is 2.22. The average molecular weight is 293 g/mol. The third-order valence-corrected chi connectivity index (χ3v) is 5.70. The van der Waals surface area contributed by atoms with E-state index in [9.17, 15) is 4.79 Å². The number of hydrogen-bond donors (Lipinski definition) is 0. The van der Waals surface area contributed by atoms with E-state index in [1.165, 1.54) is 11.1 Å². The van der Waals surface area contributed by atoms with Gasteiger partial charge in [0.1, 0.15) is 5.78 Å². The second-order valence-electron chi connectivity index (χ2n) is 5.44. The molecule has 1 unspecified atom stereocenters. The van der Waals surface area contributed by atoms with Gasteiger partial charge in [-0.1, -0.05) is 47.1 Å². The third kappa shape index (κ3) is 1.46. The molecule has 3 rings (SSSR count). The van der Waals surface area contributed by atoms with Crippen LogP contribution >= 0.6 is 15.9 Å². The first-order chi connectivity index (χ1) is 8.16. The van der Waals surface area contributed by atoms with Crippen molar-refractivity contribution in [2.24, 2.45) is 0 Å². The third-order valence-electron chi connectivity index (χ3n) is 4.54. The van der Waals surface area contributed by atoms with Crippen molar-refractivity contribution < 1.29 is 4.79 Å². The first-order valence-corrected chi connectivity index (χ1v) is 7.34. The van der Waals surface area contributed by atoms with E-state index < -0.39 is 0 Å². The summed E-state index contributed by atoms with van der Waals surface area (Å²) in [7, 11) is 0. The molecule has 0 radical (unpaired) electrons. The normalized spacial score (nSPS) is 36.2. The topological polar surface area (TPSA) is 17.1 Å². The summed E-state index contributed by atoms with van der Waals surface area (Å²) in [6.45, 7) is 2.26. The summed E-state index contributed by atoms with van der Waals surface area (Å²) >= 11 is 3.80. The molecule has 3 atom stereocenters. The van der Waals surface area contributed by atoms with Gasteiger partial charge in [0.25, 0.3) is 0 Å². The number of ketones is 1. The van der Waals surface area contributed by atoms with Crippen LogP contribution in [0.3, 0.4) is 0 Å². The van der Waals surface area contributed by atoms with Crippen LogP contribution in [-0.2, 0) is 10.2 Å². The molecule has 1 spiro atoms. The van der Waals surface area contributed by atoms with Gasteiger partial charge in [0.2, 0.25) is 0 Å². The Labute approximate surface area is 111 Å². The Morgan fingerprint density at radius 3 is 2.82 bits per heavy atom. The van der Waals surface area contributed by atoms with Gasteiger partial charge in [-0.05, 0) is 36.3 Å². The molecule has 1 aromatic rings. The van der Waals surface area contributed by atoms with Gasteiger partial charge in [-0.25, -0.2) is 0 Å². The predicted molar refractivity (Wildman–Crippen MR) is 72.7 cm³/mol. The van der Waals surface area contributed by atoms with E-state index in [2.05, 4.69) is 47.1 Å². The smallest absolute Gasteiger partial charge is 0.144 e. The Hall–Kier alpha value is -0.630. The number of Topliss-reactive ketones (excluding diaryl/α,β-unsaturated/α-hetero) is 1. The van der Waals surface area contributed by atoms with Gasteiger partial charge in [-0.3, -0.25) is 4.79 Å². The molecule has 1 saturated carbocycles. The van der Waals surface area contributed by atoms with Crippen molar-refractivity contribution in [3.05, 3.63) is 35.4 Å². The summed E-state index contributed by atoms with van der Waals surface area (Å²) in [6, 6.07) is 8.54. The summed E-state index contributed by atoms with van der Waals surface area (Å²) in [5, 5.41) is 0. The molecule has 0 saturated heterocycles. The fourth-order valence-electron chi connectivity index (χ4n) is 3.65. The van der Waals surface area contributed by atoms with Crippen LogP contribution in [0.15, 0.2) is 24.3 Å². The largest absolute Gasteiger partial charge is 0.299 e. The molecule has 2 aliphatic carbocycles. The number of alkyl halides is 1. The van der Waals surface area contributed by atoms with Crippen molar-refractivity contribution in [2.45, 2.75) is 48.8 Å². The zero-order valence-electron chi connectivity index (χ0n) is 10.1. The number of carbonyl (C=O) groups is 1. The van der Waals surface area contributed by atoms with Crippen molar-refractivity contribution in [1.29, 1.82) is 0 Å². The Morgan fingerprint density at radius 1 is 1.35 bits per heavy atom. The highest BCUT2D eigenvalue weighted by Gasteiger charge is 2.52. The molecule has 2 heteroatoms. The van der Waals surface area contributed by atoms with Gasteiger partial charge >= 0.3 is 0 Å². The number of fused-ring (bicyclic) bond motifs is 2. The molecule has 0 N–H and O–H groups in total. The zero-order valence-corrected chi connectivity index (χ0v) is 11.7. The fourth-order valence-corrected chi connectivity index (χ4v) is 4.94. The highest BCUT2D eigenvalue weighted by Crippen LogP contribution is 2.52. The molecule has 1 nitrogen and oxygen atoms in total. The lowest BCUT2D eigenvalue weighted by molar-refractivity contribution is -0.122. The van der Waals surface area contributed by atoms with Crippen LogP contribution in [0.2, 0.25) is 0 Å². The lowest BCUT2D eigenvalue weighted by Gasteiger charge is -2.41. The molecule has 2 aliphatic rings. The van der Waals surface area contributed by atoms with E-state index in [1.54, 1.807) is 0 Å². The SMILES string of the molecule is CC1C[C@H](Br)[C@@]2(CCCC2=O)c2ccccc21. The first-order valence-electron chi connectivity index (χ1n) is 6.43. The Kier molecular flexibility index (Phi) is 2.66.